The van der Waals surface area contributed by atoms with E-state index in [1.807, 2.05) is 4.90 Å². The number of carbonyl (C=O) groups is 1. The Morgan fingerprint density at radius 3 is 2.95 bits per heavy atom. The molecule has 1 fully saturated rings. The van der Waals surface area contributed by atoms with Crippen LogP contribution in [0.4, 0.5) is 10.2 Å². The molecule has 1 atom stereocenters. The van der Waals surface area contributed by atoms with E-state index in [1.54, 1.807) is 25.1 Å². The number of aromatic nitrogens is 2. The van der Waals surface area contributed by atoms with E-state index in [0.717, 1.165) is 19.4 Å². The van der Waals surface area contributed by atoms with Crippen molar-refractivity contribution in [3.05, 3.63) is 30.3 Å². The Bertz CT molecular complexity index is 688. The Hall–Kier alpha value is -2.24. The van der Waals surface area contributed by atoms with Gasteiger partial charge >= 0.3 is 0 Å². The van der Waals surface area contributed by atoms with Crippen LogP contribution in [-0.4, -0.2) is 47.5 Å². The number of halogens is 1. The third-order valence-corrected chi connectivity index (χ3v) is 3.83. The summed E-state index contributed by atoms with van der Waals surface area (Å²) >= 11 is 0. The van der Waals surface area contributed by atoms with Crippen LogP contribution >= 0.6 is 0 Å². The molecule has 1 unspecified atom stereocenters. The quantitative estimate of drug-likeness (QED) is 0.846. The number of rotatable bonds is 2. The van der Waals surface area contributed by atoms with E-state index in [2.05, 4.69) is 9.97 Å². The third-order valence-electron chi connectivity index (χ3n) is 3.83. The van der Waals surface area contributed by atoms with Gasteiger partial charge in [0.05, 0.1) is 5.52 Å². The molecule has 0 aliphatic carbocycles. The van der Waals surface area contributed by atoms with E-state index in [-0.39, 0.29) is 17.8 Å². The maximum atomic E-state index is 13.5. The average molecular weight is 288 g/mol. The lowest BCUT2D eigenvalue weighted by atomic mass is 10.1. The second kappa shape index (κ2) is 5.27. The van der Waals surface area contributed by atoms with Crippen molar-refractivity contribution in [3.63, 3.8) is 0 Å². The first kappa shape index (κ1) is 13.7. The third kappa shape index (κ3) is 2.41. The van der Waals surface area contributed by atoms with Crippen LogP contribution in [0.25, 0.3) is 10.9 Å². The molecule has 5 nitrogen and oxygen atoms in total. The van der Waals surface area contributed by atoms with Crippen LogP contribution < -0.4 is 4.90 Å². The maximum absolute atomic E-state index is 13.5. The van der Waals surface area contributed by atoms with Gasteiger partial charge in [-0.3, -0.25) is 4.79 Å². The number of anilines is 1. The minimum atomic E-state index is -0.326. The van der Waals surface area contributed by atoms with Gasteiger partial charge in [-0.25, -0.2) is 14.4 Å². The molecule has 0 spiro atoms. The molecule has 0 N–H and O–H groups in total. The standard InChI is InChI=1S/C15H17FN4O/c1-19(2)15(21)13-4-3-7-20(13)14-11-8-10(16)5-6-12(11)17-9-18-14/h5-6,8-9,13H,3-4,7H2,1-2H3. The Morgan fingerprint density at radius 2 is 2.19 bits per heavy atom. The molecule has 21 heavy (non-hydrogen) atoms. The van der Waals surface area contributed by atoms with Gasteiger partial charge in [-0.05, 0) is 31.0 Å². The van der Waals surface area contributed by atoms with Crippen LogP contribution in [0.3, 0.4) is 0 Å². The number of hydrogen-bond acceptors (Lipinski definition) is 4. The first-order valence-electron chi connectivity index (χ1n) is 6.96. The van der Waals surface area contributed by atoms with Crippen molar-refractivity contribution in [1.29, 1.82) is 0 Å². The molecule has 1 aliphatic rings. The van der Waals surface area contributed by atoms with Gasteiger partial charge in [0.15, 0.2) is 0 Å². The second-order valence-electron chi connectivity index (χ2n) is 5.44. The number of likely N-dealkylation sites (N-methyl/N-ethyl adjacent to an activating group) is 1. The van der Waals surface area contributed by atoms with E-state index < -0.39 is 0 Å². The fourth-order valence-corrected chi connectivity index (χ4v) is 2.82. The summed E-state index contributed by atoms with van der Waals surface area (Å²) < 4.78 is 13.5. The number of amides is 1. The molecule has 2 heterocycles. The van der Waals surface area contributed by atoms with Gasteiger partial charge in [-0.2, -0.15) is 0 Å². The monoisotopic (exact) mass is 288 g/mol. The lowest BCUT2D eigenvalue weighted by molar-refractivity contribution is -0.129. The highest BCUT2D eigenvalue weighted by atomic mass is 19.1. The number of carbonyl (C=O) groups excluding carboxylic acids is 1. The molecule has 110 valence electrons. The topological polar surface area (TPSA) is 49.3 Å². The number of hydrogen-bond donors (Lipinski definition) is 0. The number of fused-ring (bicyclic) bond motifs is 1. The summed E-state index contributed by atoms with van der Waals surface area (Å²) in [4.78, 5) is 24.3. The Labute approximate surface area is 122 Å². The lowest BCUT2D eigenvalue weighted by Gasteiger charge is -2.27. The molecule has 0 bridgehead atoms. The Morgan fingerprint density at radius 1 is 1.38 bits per heavy atom. The van der Waals surface area contributed by atoms with Crippen molar-refractivity contribution < 1.29 is 9.18 Å². The van der Waals surface area contributed by atoms with Crippen LogP contribution in [-0.2, 0) is 4.79 Å². The molecule has 6 heteroatoms. The molecule has 1 saturated heterocycles. The average Bonchev–Trinajstić information content (AvgIpc) is 2.94. The molecule has 3 rings (SSSR count). The first-order valence-corrected chi connectivity index (χ1v) is 6.96. The highest BCUT2D eigenvalue weighted by Gasteiger charge is 2.33. The van der Waals surface area contributed by atoms with Gasteiger partial charge < -0.3 is 9.80 Å². The minimum absolute atomic E-state index is 0.0515. The second-order valence-corrected chi connectivity index (χ2v) is 5.44. The molecule has 2 aromatic rings. The molecule has 0 radical (unpaired) electrons. The van der Waals surface area contributed by atoms with E-state index >= 15 is 0 Å². The Balaban J connectivity index is 2.07. The predicted octanol–water partition coefficient (Wildman–Crippen LogP) is 1.83. The molecule has 1 aliphatic heterocycles. The highest BCUT2D eigenvalue weighted by Crippen LogP contribution is 2.30. The van der Waals surface area contributed by atoms with Crippen molar-refractivity contribution >= 4 is 22.6 Å². The van der Waals surface area contributed by atoms with Crippen molar-refractivity contribution in [2.75, 3.05) is 25.5 Å². The summed E-state index contributed by atoms with van der Waals surface area (Å²) in [7, 11) is 3.49. The summed E-state index contributed by atoms with van der Waals surface area (Å²) in [6.45, 7) is 0.743. The minimum Gasteiger partial charge on any atom is -0.347 e. The summed E-state index contributed by atoms with van der Waals surface area (Å²) in [6.07, 6.45) is 3.17. The van der Waals surface area contributed by atoms with Gasteiger partial charge in [0, 0.05) is 26.0 Å². The molecule has 1 aromatic carbocycles. The van der Waals surface area contributed by atoms with E-state index in [9.17, 15) is 9.18 Å². The van der Waals surface area contributed by atoms with Crippen molar-refractivity contribution in [1.82, 2.24) is 14.9 Å². The molecule has 1 amide bonds. The SMILES string of the molecule is CN(C)C(=O)C1CCCN1c1ncnc2ccc(F)cc12. The lowest BCUT2D eigenvalue weighted by Crippen LogP contribution is -2.43. The zero-order valence-electron chi connectivity index (χ0n) is 12.1. The van der Waals surface area contributed by atoms with Crippen molar-refractivity contribution in [3.8, 4) is 0 Å². The van der Waals surface area contributed by atoms with Crippen LogP contribution in [0.2, 0.25) is 0 Å². The van der Waals surface area contributed by atoms with Gasteiger partial charge in [0.25, 0.3) is 0 Å². The summed E-state index contributed by atoms with van der Waals surface area (Å²) in [5.41, 5.74) is 0.685. The zero-order chi connectivity index (χ0) is 15.0. The molecular weight excluding hydrogens is 271 g/mol. The van der Waals surface area contributed by atoms with Crippen LogP contribution in [0.15, 0.2) is 24.5 Å². The Kier molecular flexibility index (Phi) is 3.45. The van der Waals surface area contributed by atoms with Crippen molar-refractivity contribution in [2.45, 2.75) is 18.9 Å². The largest absolute Gasteiger partial charge is 0.347 e. The van der Waals surface area contributed by atoms with Gasteiger partial charge in [-0.15, -0.1) is 0 Å². The maximum Gasteiger partial charge on any atom is 0.244 e. The van der Waals surface area contributed by atoms with Gasteiger partial charge in [0.2, 0.25) is 5.91 Å². The summed E-state index contributed by atoms with van der Waals surface area (Å²) in [5.74, 6) is 0.362. The smallest absolute Gasteiger partial charge is 0.244 e. The molecule has 0 saturated carbocycles. The fraction of sp³-hybridized carbons (Fsp3) is 0.400. The van der Waals surface area contributed by atoms with Crippen molar-refractivity contribution in [2.24, 2.45) is 0 Å². The normalized spacial score (nSPS) is 18.2. The van der Waals surface area contributed by atoms with Crippen LogP contribution in [0.1, 0.15) is 12.8 Å². The van der Waals surface area contributed by atoms with Crippen LogP contribution in [0.5, 0.6) is 0 Å². The summed E-state index contributed by atoms with van der Waals surface area (Å²) in [6, 6.07) is 4.21. The van der Waals surface area contributed by atoms with Crippen LogP contribution in [0, 0.1) is 5.82 Å². The molecule has 1 aromatic heterocycles. The molecular formula is C15H17FN4O. The fourth-order valence-electron chi connectivity index (χ4n) is 2.82. The van der Waals surface area contributed by atoms with Gasteiger partial charge in [0.1, 0.15) is 24.0 Å². The van der Waals surface area contributed by atoms with E-state index in [0.29, 0.717) is 16.7 Å². The van der Waals surface area contributed by atoms with E-state index in [1.165, 1.54) is 18.5 Å². The summed E-state index contributed by atoms with van der Waals surface area (Å²) in [5, 5.41) is 0.649. The predicted molar refractivity (Wildman–Crippen MR) is 78.6 cm³/mol. The highest BCUT2D eigenvalue weighted by molar-refractivity contribution is 5.93. The van der Waals surface area contributed by atoms with E-state index in [4.69, 9.17) is 0 Å². The number of benzene rings is 1. The van der Waals surface area contributed by atoms with Gasteiger partial charge in [-0.1, -0.05) is 0 Å². The first-order chi connectivity index (χ1) is 10.1. The zero-order valence-corrected chi connectivity index (χ0v) is 12.1. The number of nitrogens with zero attached hydrogens (tertiary/aromatic N) is 4.